The van der Waals surface area contributed by atoms with Crippen LogP contribution in [0.4, 0.5) is 4.39 Å². The minimum atomic E-state index is -0.747. The van der Waals surface area contributed by atoms with E-state index in [-0.39, 0.29) is 24.1 Å². The van der Waals surface area contributed by atoms with Gasteiger partial charge in [0.1, 0.15) is 17.3 Å². The average molecular weight is 544 g/mol. The number of nitrogens with zero attached hydrogens (tertiary/aromatic N) is 3. The molecule has 0 saturated heterocycles. The van der Waals surface area contributed by atoms with Crippen molar-refractivity contribution >= 4 is 5.91 Å². The Balaban J connectivity index is 1.61. The maximum atomic E-state index is 13.7. The zero-order valence-corrected chi connectivity index (χ0v) is 22.9. The maximum absolute atomic E-state index is 13.7. The summed E-state index contributed by atoms with van der Waals surface area (Å²) in [7, 11) is 0. The summed E-state index contributed by atoms with van der Waals surface area (Å²) < 4.78 is 15.6. The molecule has 0 aliphatic carbocycles. The highest BCUT2D eigenvalue weighted by Gasteiger charge is 2.26. The van der Waals surface area contributed by atoms with Crippen molar-refractivity contribution < 1.29 is 19.4 Å². The van der Waals surface area contributed by atoms with Crippen LogP contribution in [-0.4, -0.2) is 42.9 Å². The van der Waals surface area contributed by atoms with Crippen LogP contribution < -0.4 is 5.32 Å². The summed E-state index contributed by atoms with van der Waals surface area (Å²) >= 11 is 0. The summed E-state index contributed by atoms with van der Waals surface area (Å²) in [6, 6.07) is 19.6. The van der Waals surface area contributed by atoms with Gasteiger partial charge in [-0.25, -0.2) is 9.37 Å². The van der Waals surface area contributed by atoms with E-state index in [1.54, 1.807) is 18.3 Å². The van der Waals surface area contributed by atoms with Crippen LogP contribution in [0.1, 0.15) is 60.8 Å². The quantitative estimate of drug-likeness (QED) is 0.218. The fourth-order valence-corrected chi connectivity index (χ4v) is 4.71. The number of imidazole rings is 1. The predicted octanol–water partition coefficient (Wildman–Crippen LogP) is 5.53. The largest absolute Gasteiger partial charge is 0.393 e. The third-order valence-corrected chi connectivity index (χ3v) is 6.78. The van der Waals surface area contributed by atoms with E-state index in [1.165, 1.54) is 12.1 Å². The first-order valence-corrected chi connectivity index (χ1v) is 13.6. The molecule has 4 rings (SSSR count). The van der Waals surface area contributed by atoms with E-state index in [0.717, 1.165) is 22.5 Å². The van der Waals surface area contributed by atoms with Gasteiger partial charge in [0.05, 0.1) is 23.6 Å². The molecular formula is C32H36FN4O3. The highest BCUT2D eigenvalue weighted by Crippen LogP contribution is 2.29. The number of amides is 1. The number of hydrogen-bond acceptors (Lipinski definition) is 5. The molecule has 4 aromatic rings. The molecule has 1 radical (unpaired) electrons. The molecule has 2 atom stereocenters. The van der Waals surface area contributed by atoms with Crippen molar-refractivity contribution in [1.82, 2.24) is 19.9 Å². The van der Waals surface area contributed by atoms with Crippen molar-refractivity contribution in [3.05, 3.63) is 103 Å². The average Bonchev–Trinajstić information content (AvgIpc) is 3.35. The number of rotatable bonds is 12. The smallest absolute Gasteiger partial charge is 0.272 e. The van der Waals surface area contributed by atoms with Crippen LogP contribution in [0, 0.1) is 12.7 Å². The highest BCUT2D eigenvalue weighted by molar-refractivity contribution is 5.94. The Morgan fingerprint density at radius 1 is 1.02 bits per heavy atom. The van der Waals surface area contributed by atoms with Gasteiger partial charge in [0.25, 0.3) is 5.91 Å². The molecule has 0 aliphatic heterocycles. The van der Waals surface area contributed by atoms with Gasteiger partial charge in [0.15, 0.2) is 0 Å². The zero-order valence-electron chi connectivity index (χ0n) is 22.9. The van der Waals surface area contributed by atoms with Crippen molar-refractivity contribution in [1.29, 1.82) is 0 Å². The van der Waals surface area contributed by atoms with E-state index in [1.807, 2.05) is 60.9 Å². The SMILES string of the molecule is [CH2]CC(O)CC(O)CCn1c(-c2ccc(F)cc2)nc(C(=O)NCc2ccnc(-c3ccccc3)c2)c1C(C)C. The summed E-state index contributed by atoms with van der Waals surface area (Å²) in [5.41, 5.74) is 4.39. The van der Waals surface area contributed by atoms with Gasteiger partial charge in [-0.05, 0) is 67.1 Å². The Morgan fingerprint density at radius 3 is 2.42 bits per heavy atom. The molecule has 2 heterocycles. The first kappa shape index (κ1) is 29.1. The second-order valence-corrected chi connectivity index (χ2v) is 10.2. The molecular weight excluding hydrogens is 507 g/mol. The van der Waals surface area contributed by atoms with Gasteiger partial charge in [0, 0.05) is 30.4 Å². The molecule has 1 amide bonds. The van der Waals surface area contributed by atoms with Gasteiger partial charge < -0.3 is 20.1 Å². The summed E-state index contributed by atoms with van der Waals surface area (Å²) in [4.78, 5) is 22.7. The zero-order chi connectivity index (χ0) is 28.6. The molecule has 3 N–H and O–H groups in total. The topological polar surface area (TPSA) is 100 Å². The Morgan fingerprint density at radius 2 is 1.75 bits per heavy atom. The molecule has 209 valence electrons. The molecule has 0 fully saturated rings. The van der Waals surface area contributed by atoms with Crippen molar-refractivity contribution in [2.75, 3.05) is 0 Å². The lowest BCUT2D eigenvalue weighted by atomic mass is 10.1. The van der Waals surface area contributed by atoms with Gasteiger partial charge in [0.2, 0.25) is 0 Å². The van der Waals surface area contributed by atoms with Crippen LogP contribution in [0.15, 0.2) is 72.9 Å². The number of aliphatic hydroxyl groups is 2. The van der Waals surface area contributed by atoms with Gasteiger partial charge in [-0.2, -0.15) is 0 Å². The lowest BCUT2D eigenvalue weighted by Gasteiger charge is -2.19. The van der Waals surface area contributed by atoms with Crippen molar-refractivity contribution in [3.63, 3.8) is 0 Å². The van der Waals surface area contributed by atoms with Crippen molar-refractivity contribution in [2.45, 2.75) is 64.3 Å². The normalized spacial score (nSPS) is 12.9. The fraction of sp³-hybridized carbons (Fsp3) is 0.312. The molecule has 0 aliphatic rings. The molecule has 2 aromatic heterocycles. The van der Waals surface area contributed by atoms with Gasteiger partial charge in [-0.15, -0.1) is 0 Å². The molecule has 2 unspecified atom stereocenters. The number of aliphatic hydroxyl groups excluding tert-OH is 2. The van der Waals surface area contributed by atoms with E-state index in [9.17, 15) is 19.4 Å². The summed E-state index contributed by atoms with van der Waals surface area (Å²) in [6.45, 7) is 8.31. The Kier molecular flexibility index (Phi) is 9.79. The molecule has 2 aromatic carbocycles. The third-order valence-electron chi connectivity index (χ3n) is 6.78. The summed E-state index contributed by atoms with van der Waals surface area (Å²) in [5.74, 6) is -0.227. The lowest BCUT2D eigenvalue weighted by Crippen LogP contribution is -2.25. The number of carbonyl (C=O) groups is 1. The summed E-state index contributed by atoms with van der Waals surface area (Å²) in [5, 5.41) is 23.4. The molecule has 40 heavy (non-hydrogen) atoms. The minimum absolute atomic E-state index is 0.0596. The second kappa shape index (κ2) is 13.5. The van der Waals surface area contributed by atoms with Crippen LogP contribution in [0.3, 0.4) is 0 Å². The first-order valence-electron chi connectivity index (χ1n) is 13.6. The summed E-state index contributed by atoms with van der Waals surface area (Å²) in [6.07, 6.45) is 1.17. The molecule has 0 spiro atoms. The standard InChI is InChI=1S/C32H36FN4O3/c1-4-26(38)19-27(39)15-17-37-30(21(2)3)29(36-31(37)24-10-12-25(33)13-11-24)32(40)35-20-22-14-16-34-28(18-22)23-8-6-5-7-9-23/h5-14,16,18,21,26-27,38-39H,1,4,15,17,19-20H2,2-3H3,(H,35,40). The Bertz CT molecular complexity index is 1400. The minimum Gasteiger partial charge on any atom is -0.393 e. The van der Waals surface area contributed by atoms with E-state index >= 15 is 0 Å². The Hall–Kier alpha value is -3.88. The van der Waals surface area contributed by atoms with E-state index in [0.29, 0.717) is 43.0 Å². The number of pyridine rings is 1. The Labute approximate surface area is 234 Å². The maximum Gasteiger partial charge on any atom is 0.272 e. The number of nitrogens with one attached hydrogen (secondary N) is 1. The van der Waals surface area contributed by atoms with E-state index in [4.69, 9.17) is 4.98 Å². The monoisotopic (exact) mass is 543 g/mol. The second-order valence-electron chi connectivity index (χ2n) is 10.2. The molecule has 7 nitrogen and oxygen atoms in total. The van der Waals surface area contributed by atoms with Crippen molar-refractivity contribution in [2.24, 2.45) is 0 Å². The lowest BCUT2D eigenvalue weighted by molar-refractivity contribution is 0.0742. The van der Waals surface area contributed by atoms with Crippen LogP contribution in [0.5, 0.6) is 0 Å². The number of carbonyl (C=O) groups excluding carboxylic acids is 1. The number of aromatic nitrogens is 3. The van der Waals surface area contributed by atoms with Crippen LogP contribution in [0.2, 0.25) is 0 Å². The molecule has 0 saturated carbocycles. The molecule has 0 bridgehead atoms. The number of halogens is 1. The predicted molar refractivity (Wildman–Crippen MR) is 154 cm³/mol. The highest BCUT2D eigenvalue weighted by atomic mass is 19.1. The number of hydrogen-bond donors (Lipinski definition) is 3. The van der Waals surface area contributed by atoms with E-state index in [2.05, 4.69) is 17.2 Å². The van der Waals surface area contributed by atoms with Crippen molar-refractivity contribution in [3.8, 4) is 22.6 Å². The van der Waals surface area contributed by atoms with Crippen LogP contribution in [-0.2, 0) is 13.1 Å². The fourth-order valence-electron chi connectivity index (χ4n) is 4.71. The first-order chi connectivity index (χ1) is 19.3. The number of benzene rings is 2. The van der Waals surface area contributed by atoms with Gasteiger partial charge >= 0.3 is 0 Å². The van der Waals surface area contributed by atoms with Crippen LogP contribution >= 0.6 is 0 Å². The van der Waals surface area contributed by atoms with Crippen LogP contribution in [0.25, 0.3) is 22.6 Å². The van der Waals surface area contributed by atoms with Gasteiger partial charge in [-0.1, -0.05) is 51.1 Å². The molecule has 8 heteroatoms. The third kappa shape index (κ3) is 7.20. The van der Waals surface area contributed by atoms with E-state index < -0.39 is 12.2 Å². The van der Waals surface area contributed by atoms with Gasteiger partial charge in [-0.3, -0.25) is 9.78 Å².